The third-order valence-electron chi connectivity index (χ3n) is 1.61. The second kappa shape index (κ2) is 3.15. The van der Waals surface area contributed by atoms with Crippen LogP contribution < -0.4 is 10.6 Å². The Morgan fingerprint density at radius 2 is 1.78 bits per heavy atom. The lowest BCUT2D eigenvalue weighted by Crippen LogP contribution is -2.52. The Bertz CT molecular complexity index is 76.4. The smallest absolute Gasteiger partial charge is 0.0505 e. The summed E-state index contributed by atoms with van der Waals surface area (Å²) in [6.45, 7) is 7.39. The van der Waals surface area contributed by atoms with Gasteiger partial charge in [-0.2, -0.15) is 0 Å². The zero-order valence-corrected chi connectivity index (χ0v) is 6.15. The summed E-state index contributed by atoms with van der Waals surface area (Å²) in [6.07, 6.45) is 0. The average Bonchev–Trinajstić information content (AvgIpc) is 1.90. The Kier molecular flexibility index (Phi) is 2.45. The number of nitrogens with zero attached hydrogens (tertiary/aromatic N) is 1. The Hall–Kier alpha value is -0.120. The summed E-state index contributed by atoms with van der Waals surface area (Å²) in [7, 11) is 0. The van der Waals surface area contributed by atoms with Crippen molar-refractivity contribution in [2.75, 3.05) is 20.0 Å². The standard InChI is InChI=1S/C6H15N3/c1-6(2)9-4-7-3-8-5-9/h6-8H,3-5H2,1-2H3. The summed E-state index contributed by atoms with van der Waals surface area (Å²) >= 11 is 0. The quantitative estimate of drug-likeness (QED) is 0.512. The first-order valence-corrected chi connectivity index (χ1v) is 3.46. The highest BCUT2D eigenvalue weighted by Crippen LogP contribution is 1.94. The molecule has 0 unspecified atom stereocenters. The molecule has 0 aromatic carbocycles. The first kappa shape index (κ1) is 6.99. The largest absolute Gasteiger partial charge is 0.292 e. The van der Waals surface area contributed by atoms with E-state index in [9.17, 15) is 0 Å². The molecule has 1 fully saturated rings. The molecule has 0 bridgehead atoms. The van der Waals surface area contributed by atoms with Gasteiger partial charge in [-0.3, -0.25) is 15.5 Å². The van der Waals surface area contributed by atoms with Crippen molar-refractivity contribution in [2.45, 2.75) is 19.9 Å². The van der Waals surface area contributed by atoms with Crippen LogP contribution in [0.2, 0.25) is 0 Å². The van der Waals surface area contributed by atoms with Crippen molar-refractivity contribution in [3.63, 3.8) is 0 Å². The summed E-state index contributed by atoms with van der Waals surface area (Å²) in [5.74, 6) is 0. The average molecular weight is 129 g/mol. The molecule has 0 radical (unpaired) electrons. The first-order chi connectivity index (χ1) is 4.30. The predicted molar refractivity (Wildman–Crippen MR) is 37.8 cm³/mol. The normalized spacial score (nSPS) is 23.0. The van der Waals surface area contributed by atoms with Gasteiger partial charge >= 0.3 is 0 Å². The lowest BCUT2D eigenvalue weighted by molar-refractivity contribution is 0.153. The van der Waals surface area contributed by atoms with Gasteiger partial charge in [0.05, 0.1) is 13.3 Å². The van der Waals surface area contributed by atoms with Crippen molar-refractivity contribution < 1.29 is 0 Å². The van der Waals surface area contributed by atoms with E-state index in [1.54, 1.807) is 0 Å². The fourth-order valence-corrected chi connectivity index (χ4v) is 0.908. The van der Waals surface area contributed by atoms with Crippen LogP contribution in [0.4, 0.5) is 0 Å². The fraction of sp³-hybridized carbons (Fsp3) is 1.00. The van der Waals surface area contributed by atoms with Crippen LogP contribution in [0.1, 0.15) is 13.8 Å². The van der Waals surface area contributed by atoms with Crippen molar-refractivity contribution in [3.8, 4) is 0 Å². The van der Waals surface area contributed by atoms with Crippen LogP contribution in [0.15, 0.2) is 0 Å². The zero-order chi connectivity index (χ0) is 6.69. The van der Waals surface area contributed by atoms with E-state index in [0.29, 0.717) is 6.04 Å². The Balaban J connectivity index is 2.23. The van der Waals surface area contributed by atoms with E-state index >= 15 is 0 Å². The summed E-state index contributed by atoms with van der Waals surface area (Å²) < 4.78 is 0. The molecule has 0 amide bonds. The number of rotatable bonds is 1. The van der Waals surface area contributed by atoms with E-state index in [2.05, 4.69) is 29.4 Å². The summed E-state index contributed by atoms with van der Waals surface area (Å²) in [5.41, 5.74) is 0. The van der Waals surface area contributed by atoms with Crippen LogP contribution in [-0.4, -0.2) is 30.9 Å². The molecule has 9 heavy (non-hydrogen) atoms. The van der Waals surface area contributed by atoms with Crippen molar-refractivity contribution >= 4 is 0 Å². The molecular weight excluding hydrogens is 114 g/mol. The van der Waals surface area contributed by atoms with Gasteiger partial charge in [0.1, 0.15) is 0 Å². The number of hydrogen-bond donors (Lipinski definition) is 2. The molecule has 1 aliphatic heterocycles. The van der Waals surface area contributed by atoms with Gasteiger partial charge in [-0.25, -0.2) is 0 Å². The SMILES string of the molecule is CC(C)N1CNCNC1. The predicted octanol–water partition coefficient (Wildman–Crippen LogP) is -0.238. The highest BCUT2D eigenvalue weighted by molar-refractivity contribution is 4.63. The maximum atomic E-state index is 3.23. The Morgan fingerprint density at radius 3 is 2.11 bits per heavy atom. The summed E-state index contributed by atoms with van der Waals surface area (Å²) in [6, 6.07) is 0.644. The van der Waals surface area contributed by atoms with Gasteiger partial charge in [-0.1, -0.05) is 0 Å². The molecule has 1 aliphatic rings. The molecule has 0 aromatic rings. The van der Waals surface area contributed by atoms with Gasteiger partial charge in [-0.15, -0.1) is 0 Å². The number of nitrogens with one attached hydrogen (secondary N) is 2. The molecule has 1 heterocycles. The van der Waals surface area contributed by atoms with E-state index in [-0.39, 0.29) is 0 Å². The van der Waals surface area contributed by atoms with Crippen molar-refractivity contribution in [2.24, 2.45) is 0 Å². The highest BCUT2D eigenvalue weighted by atomic mass is 15.4. The van der Waals surface area contributed by atoms with E-state index < -0.39 is 0 Å². The van der Waals surface area contributed by atoms with Gasteiger partial charge in [0.2, 0.25) is 0 Å². The second-order valence-electron chi connectivity index (χ2n) is 2.68. The van der Waals surface area contributed by atoms with Crippen LogP contribution in [-0.2, 0) is 0 Å². The molecule has 0 aromatic heterocycles. The fourth-order valence-electron chi connectivity index (χ4n) is 0.908. The molecule has 0 atom stereocenters. The number of hydrogen-bond acceptors (Lipinski definition) is 3. The lowest BCUT2D eigenvalue weighted by Gasteiger charge is -2.31. The highest BCUT2D eigenvalue weighted by Gasteiger charge is 2.10. The van der Waals surface area contributed by atoms with Crippen LogP contribution in [0.25, 0.3) is 0 Å². The Labute approximate surface area is 56.4 Å². The molecule has 3 nitrogen and oxygen atoms in total. The monoisotopic (exact) mass is 129 g/mol. The topological polar surface area (TPSA) is 27.3 Å². The minimum absolute atomic E-state index is 0.644. The minimum Gasteiger partial charge on any atom is -0.292 e. The minimum atomic E-state index is 0.644. The third-order valence-corrected chi connectivity index (χ3v) is 1.61. The van der Waals surface area contributed by atoms with Gasteiger partial charge in [-0.05, 0) is 13.8 Å². The second-order valence-corrected chi connectivity index (χ2v) is 2.68. The Morgan fingerprint density at radius 1 is 1.22 bits per heavy atom. The summed E-state index contributed by atoms with van der Waals surface area (Å²) in [5, 5.41) is 6.46. The molecule has 1 saturated heterocycles. The van der Waals surface area contributed by atoms with Crippen molar-refractivity contribution in [3.05, 3.63) is 0 Å². The molecule has 2 N–H and O–H groups in total. The van der Waals surface area contributed by atoms with Crippen LogP contribution in [0, 0.1) is 0 Å². The van der Waals surface area contributed by atoms with Gasteiger partial charge in [0.15, 0.2) is 0 Å². The van der Waals surface area contributed by atoms with E-state index in [0.717, 1.165) is 20.0 Å². The third kappa shape index (κ3) is 1.93. The van der Waals surface area contributed by atoms with E-state index in [1.165, 1.54) is 0 Å². The molecule has 54 valence electrons. The van der Waals surface area contributed by atoms with Crippen LogP contribution in [0.5, 0.6) is 0 Å². The van der Waals surface area contributed by atoms with Crippen molar-refractivity contribution in [1.29, 1.82) is 0 Å². The molecule has 3 heteroatoms. The molecule has 0 spiro atoms. The zero-order valence-electron chi connectivity index (χ0n) is 6.15. The van der Waals surface area contributed by atoms with Crippen LogP contribution in [0.3, 0.4) is 0 Å². The van der Waals surface area contributed by atoms with Gasteiger partial charge in [0, 0.05) is 12.7 Å². The van der Waals surface area contributed by atoms with E-state index in [1.807, 2.05) is 0 Å². The molecular formula is C6H15N3. The molecule has 1 rings (SSSR count). The first-order valence-electron chi connectivity index (χ1n) is 3.46. The van der Waals surface area contributed by atoms with Crippen molar-refractivity contribution in [1.82, 2.24) is 15.5 Å². The maximum Gasteiger partial charge on any atom is 0.0505 e. The van der Waals surface area contributed by atoms with E-state index in [4.69, 9.17) is 0 Å². The molecule has 0 saturated carbocycles. The van der Waals surface area contributed by atoms with Gasteiger partial charge in [0.25, 0.3) is 0 Å². The molecule has 0 aliphatic carbocycles. The summed E-state index contributed by atoms with van der Waals surface area (Å²) in [4.78, 5) is 2.34. The van der Waals surface area contributed by atoms with Gasteiger partial charge < -0.3 is 0 Å². The lowest BCUT2D eigenvalue weighted by atomic mass is 10.3. The maximum absolute atomic E-state index is 3.23. The van der Waals surface area contributed by atoms with Crippen LogP contribution >= 0.6 is 0 Å².